The molecule has 5 nitrogen and oxygen atoms in total. The first-order chi connectivity index (χ1) is 16.7. The highest BCUT2D eigenvalue weighted by Gasteiger charge is 2.22. The topological polar surface area (TPSA) is 72.5 Å². The van der Waals surface area contributed by atoms with E-state index in [-0.39, 0.29) is 11.3 Å². The first kappa shape index (κ1) is 22.7. The van der Waals surface area contributed by atoms with Gasteiger partial charge in [0.05, 0.1) is 5.69 Å². The highest BCUT2D eigenvalue weighted by Crippen LogP contribution is 2.40. The molecular formula is C30H27NO4. The van der Waals surface area contributed by atoms with Crippen LogP contribution in [0, 0.1) is 0 Å². The fraction of sp³-hybridized carbons (Fsp3) is 0.200. The summed E-state index contributed by atoms with van der Waals surface area (Å²) >= 11 is 0. The Morgan fingerprint density at radius 2 is 1.57 bits per heavy atom. The molecule has 0 bridgehead atoms. The van der Waals surface area contributed by atoms with E-state index < -0.39 is 5.63 Å². The van der Waals surface area contributed by atoms with Crippen molar-refractivity contribution in [3.63, 3.8) is 0 Å². The largest absolute Gasteiger partial charge is 0.454 e. The number of furan rings is 1. The number of benzene rings is 3. The van der Waals surface area contributed by atoms with Crippen LogP contribution in [-0.2, 0) is 11.8 Å². The van der Waals surface area contributed by atoms with Gasteiger partial charge in [0.25, 0.3) is 5.91 Å². The quantitative estimate of drug-likeness (QED) is 0.282. The average Bonchev–Trinajstić information content (AvgIpc) is 3.21. The van der Waals surface area contributed by atoms with E-state index in [1.54, 1.807) is 6.07 Å². The summed E-state index contributed by atoms with van der Waals surface area (Å²) < 4.78 is 11.7. The number of fused-ring (bicyclic) bond motifs is 2. The van der Waals surface area contributed by atoms with Gasteiger partial charge in [-0.15, -0.1) is 0 Å². The molecule has 2 aromatic heterocycles. The van der Waals surface area contributed by atoms with E-state index in [2.05, 4.69) is 33.0 Å². The average molecular weight is 466 g/mol. The molecule has 0 saturated carbocycles. The molecular weight excluding hydrogens is 438 g/mol. The third kappa shape index (κ3) is 4.26. The van der Waals surface area contributed by atoms with Crippen LogP contribution < -0.4 is 10.9 Å². The van der Waals surface area contributed by atoms with E-state index in [4.69, 9.17) is 8.83 Å². The van der Waals surface area contributed by atoms with Crippen LogP contribution in [-0.4, -0.2) is 5.91 Å². The molecule has 0 aliphatic rings. The van der Waals surface area contributed by atoms with Crippen molar-refractivity contribution in [2.75, 3.05) is 5.32 Å². The fourth-order valence-corrected chi connectivity index (χ4v) is 4.28. The fourth-order valence-electron chi connectivity index (χ4n) is 4.28. The Kier molecular flexibility index (Phi) is 5.56. The minimum Gasteiger partial charge on any atom is -0.454 e. The predicted octanol–water partition coefficient (Wildman–Crippen LogP) is 7.32. The van der Waals surface area contributed by atoms with Crippen LogP contribution in [0.4, 0.5) is 5.69 Å². The summed E-state index contributed by atoms with van der Waals surface area (Å²) in [7, 11) is 0. The maximum Gasteiger partial charge on any atom is 0.336 e. The summed E-state index contributed by atoms with van der Waals surface area (Å²) in [6, 6.07) is 22.3. The van der Waals surface area contributed by atoms with Gasteiger partial charge in [-0.3, -0.25) is 4.79 Å². The Morgan fingerprint density at radius 1 is 0.857 bits per heavy atom. The molecule has 1 N–H and O–H groups in total. The molecule has 5 rings (SSSR count). The smallest absolute Gasteiger partial charge is 0.336 e. The van der Waals surface area contributed by atoms with Crippen molar-refractivity contribution in [2.24, 2.45) is 0 Å². The van der Waals surface area contributed by atoms with Gasteiger partial charge < -0.3 is 14.2 Å². The zero-order valence-electron chi connectivity index (χ0n) is 20.3. The number of aryl methyl sites for hydroxylation is 1. The van der Waals surface area contributed by atoms with Gasteiger partial charge in [-0.2, -0.15) is 0 Å². The molecule has 5 aromatic rings. The van der Waals surface area contributed by atoms with Crippen LogP contribution in [0.15, 0.2) is 86.4 Å². The number of hydrogen-bond acceptors (Lipinski definition) is 4. The molecule has 0 unspecified atom stereocenters. The normalized spacial score (nSPS) is 11.8. The number of rotatable bonds is 4. The lowest BCUT2D eigenvalue weighted by Crippen LogP contribution is -2.14. The van der Waals surface area contributed by atoms with Gasteiger partial charge in [0.1, 0.15) is 11.2 Å². The molecule has 0 saturated heterocycles. The van der Waals surface area contributed by atoms with Crippen LogP contribution in [0.5, 0.6) is 0 Å². The third-order valence-corrected chi connectivity index (χ3v) is 6.31. The highest BCUT2D eigenvalue weighted by molar-refractivity contribution is 6.13. The maximum atomic E-state index is 13.3. The van der Waals surface area contributed by atoms with Crippen LogP contribution in [0.3, 0.4) is 0 Å². The molecule has 1 amide bonds. The zero-order valence-corrected chi connectivity index (χ0v) is 20.3. The van der Waals surface area contributed by atoms with Crippen molar-refractivity contribution in [1.29, 1.82) is 0 Å². The van der Waals surface area contributed by atoms with Gasteiger partial charge in [0.2, 0.25) is 0 Å². The minimum atomic E-state index is -0.479. The summed E-state index contributed by atoms with van der Waals surface area (Å²) in [4.78, 5) is 25.7. The van der Waals surface area contributed by atoms with Crippen molar-refractivity contribution in [3.8, 4) is 11.3 Å². The van der Waals surface area contributed by atoms with Gasteiger partial charge in [-0.25, -0.2) is 4.79 Å². The lowest BCUT2D eigenvalue weighted by atomic mass is 9.86. The van der Waals surface area contributed by atoms with E-state index in [1.807, 2.05) is 60.7 Å². The van der Waals surface area contributed by atoms with Gasteiger partial charge in [-0.05, 0) is 59.4 Å². The second kappa shape index (κ2) is 8.58. The minimum absolute atomic E-state index is 0.00423. The number of amides is 1. The predicted molar refractivity (Wildman–Crippen MR) is 140 cm³/mol. The Labute approximate surface area is 203 Å². The second-order valence-corrected chi connectivity index (χ2v) is 9.75. The van der Waals surface area contributed by atoms with Gasteiger partial charge >= 0.3 is 5.63 Å². The van der Waals surface area contributed by atoms with Crippen LogP contribution in [0.25, 0.3) is 33.3 Å². The molecule has 0 fully saturated rings. The van der Waals surface area contributed by atoms with E-state index in [0.29, 0.717) is 33.7 Å². The standard InChI is InChI=1S/C30H27NO4/c1-5-18-10-15-25-22(16-18)23(17-26(32)34-25)28-27(21-8-6-7-9-24(21)35-28)31-29(33)19-11-13-20(14-12-19)30(2,3)4/h6-17H,5H2,1-4H3,(H,31,33). The van der Waals surface area contributed by atoms with E-state index in [1.165, 1.54) is 6.07 Å². The van der Waals surface area contributed by atoms with Gasteiger partial charge in [0, 0.05) is 28.0 Å². The zero-order chi connectivity index (χ0) is 24.7. The molecule has 0 atom stereocenters. The van der Waals surface area contributed by atoms with E-state index >= 15 is 0 Å². The monoisotopic (exact) mass is 465 g/mol. The number of carbonyl (C=O) groups excluding carboxylic acids is 1. The highest BCUT2D eigenvalue weighted by atomic mass is 16.4. The summed E-state index contributed by atoms with van der Waals surface area (Å²) in [5, 5.41) is 4.57. The molecule has 0 radical (unpaired) electrons. The molecule has 2 heterocycles. The van der Waals surface area contributed by atoms with E-state index in [0.717, 1.165) is 28.3 Å². The summed E-state index contributed by atoms with van der Waals surface area (Å²) in [5.74, 6) is 0.178. The summed E-state index contributed by atoms with van der Waals surface area (Å²) in [6.45, 7) is 8.47. The second-order valence-electron chi connectivity index (χ2n) is 9.75. The van der Waals surface area contributed by atoms with Crippen molar-refractivity contribution >= 4 is 33.5 Å². The number of anilines is 1. The van der Waals surface area contributed by atoms with E-state index in [9.17, 15) is 9.59 Å². The van der Waals surface area contributed by atoms with Crippen molar-refractivity contribution in [3.05, 3.63) is 99.9 Å². The molecule has 0 aliphatic carbocycles. The SMILES string of the molecule is CCc1ccc2oc(=O)cc(-c3oc4ccccc4c3NC(=O)c3ccc(C(C)(C)C)cc3)c2c1. The van der Waals surface area contributed by atoms with Crippen molar-refractivity contribution in [2.45, 2.75) is 39.5 Å². The van der Waals surface area contributed by atoms with Crippen LogP contribution >= 0.6 is 0 Å². The van der Waals surface area contributed by atoms with Gasteiger partial charge in [0.15, 0.2) is 5.76 Å². The summed E-state index contributed by atoms with van der Waals surface area (Å²) in [6.07, 6.45) is 0.836. The molecule has 0 spiro atoms. The Balaban J connectivity index is 1.65. The van der Waals surface area contributed by atoms with Crippen LogP contribution in [0.1, 0.15) is 49.2 Å². The number of nitrogens with one attached hydrogen (secondary N) is 1. The lowest BCUT2D eigenvalue weighted by Gasteiger charge is -2.19. The van der Waals surface area contributed by atoms with Crippen molar-refractivity contribution in [1.82, 2.24) is 0 Å². The maximum absolute atomic E-state index is 13.3. The summed E-state index contributed by atoms with van der Waals surface area (Å²) in [5.41, 5.74) is 4.52. The first-order valence-corrected chi connectivity index (χ1v) is 11.7. The molecule has 176 valence electrons. The van der Waals surface area contributed by atoms with Gasteiger partial charge in [-0.1, -0.05) is 58.0 Å². The van der Waals surface area contributed by atoms with Crippen molar-refractivity contribution < 1.29 is 13.6 Å². The number of para-hydroxylation sites is 1. The Bertz CT molecular complexity index is 1620. The molecule has 3 aromatic carbocycles. The first-order valence-electron chi connectivity index (χ1n) is 11.7. The third-order valence-electron chi connectivity index (χ3n) is 6.31. The van der Waals surface area contributed by atoms with Crippen LogP contribution in [0.2, 0.25) is 0 Å². The number of hydrogen-bond donors (Lipinski definition) is 1. The molecule has 5 heteroatoms. The molecule has 35 heavy (non-hydrogen) atoms. The lowest BCUT2D eigenvalue weighted by molar-refractivity contribution is 0.102. The molecule has 0 aliphatic heterocycles. The Hall–Kier alpha value is -4.12. The number of carbonyl (C=O) groups is 1. The Morgan fingerprint density at radius 3 is 2.29 bits per heavy atom.